The van der Waals surface area contributed by atoms with Crippen LogP contribution in [0.3, 0.4) is 0 Å². The van der Waals surface area contributed by atoms with E-state index in [-0.39, 0.29) is 17.5 Å². The van der Waals surface area contributed by atoms with E-state index in [0.29, 0.717) is 12.5 Å². The smallest absolute Gasteiger partial charge is 0.153 e. The third kappa shape index (κ3) is 3.97. The molecule has 2 unspecified atom stereocenters. The van der Waals surface area contributed by atoms with Crippen molar-refractivity contribution in [1.82, 2.24) is 4.90 Å². The van der Waals surface area contributed by atoms with E-state index in [0.717, 1.165) is 12.3 Å². The molecular formula is C14H21NO2S2. The Morgan fingerprint density at radius 3 is 2.63 bits per heavy atom. The van der Waals surface area contributed by atoms with Gasteiger partial charge in [0.15, 0.2) is 9.84 Å². The highest BCUT2D eigenvalue weighted by Crippen LogP contribution is 2.21. The number of rotatable bonds is 4. The van der Waals surface area contributed by atoms with Gasteiger partial charge in [0.2, 0.25) is 0 Å². The van der Waals surface area contributed by atoms with E-state index in [1.54, 1.807) is 0 Å². The number of thiol groups is 1. The zero-order chi connectivity index (χ0) is 13.9. The van der Waals surface area contributed by atoms with E-state index in [9.17, 15) is 8.42 Å². The van der Waals surface area contributed by atoms with Crippen LogP contribution in [0.25, 0.3) is 0 Å². The molecule has 1 aliphatic rings. The molecule has 0 spiro atoms. The van der Waals surface area contributed by atoms with E-state index in [4.69, 9.17) is 0 Å². The van der Waals surface area contributed by atoms with Gasteiger partial charge in [-0.05, 0) is 18.2 Å². The first-order valence-electron chi connectivity index (χ1n) is 6.62. The minimum atomic E-state index is -2.83. The summed E-state index contributed by atoms with van der Waals surface area (Å²) >= 11 is 4.45. The van der Waals surface area contributed by atoms with Crippen molar-refractivity contribution < 1.29 is 8.42 Å². The molecule has 0 saturated carbocycles. The first kappa shape index (κ1) is 14.9. The summed E-state index contributed by atoms with van der Waals surface area (Å²) in [7, 11) is -2.83. The second-order valence-corrected chi connectivity index (χ2v) is 7.84. The largest absolute Gasteiger partial charge is 0.298 e. The second-order valence-electron chi connectivity index (χ2n) is 5.25. The molecule has 0 aliphatic carbocycles. The fourth-order valence-electron chi connectivity index (χ4n) is 2.58. The fourth-order valence-corrected chi connectivity index (χ4v) is 4.53. The summed E-state index contributed by atoms with van der Waals surface area (Å²) in [5.74, 6) is 1.69. The van der Waals surface area contributed by atoms with Crippen LogP contribution in [0.4, 0.5) is 0 Å². The SMILES string of the molecule is CC1CS(=O)(=O)CCN1CC(CS)c1ccccc1. The normalized spacial score (nSPS) is 25.1. The van der Waals surface area contributed by atoms with Crippen LogP contribution in [0.15, 0.2) is 30.3 Å². The molecule has 5 heteroatoms. The Labute approximate surface area is 121 Å². The number of hydrogen-bond acceptors (Lipinski definition) is 4. The molecule has 2 rings (SSSR count). The molecule has 0 radical (unpaired) electrons. The minimum absolute atomic E-state index is 0.102. The molecule has 0 amide bonds. The van der Waals surface area contributed by atoms with Gasteiger partial charge in [-0.25, -0.2) is 8.42 Å². The number of benzene rings is 1. The van der Waals surface area contributed by atoms with Crippen LogP contribution in [0, 0.1) is 0 Å². The van der Waals surface area contributed by atoms with Crippen molar-refractivity contribution in [1.29, 1.82) is 0 Å². The molecule has 1 heterocycles. The Balaban J connectivity index is 2.04. The summed E-state index contributed by atoms with van der Waals surface area (Å²) in [6.07, 6.45) is 0. The molecule has 106 valence electrons. The van der Waals surface area contributed by atoms with Crippen molar-refractivity contribution in [3.05, 3.63) is 35.9 Å². The lowest BCUT2D eigenvalue weighted by Gasteiger charge is -2.35. The van der Waals surface area contributed by atoms with Crippen molar-refractivity contribution in [2.45, 2.75) is 18.9 Å². The van der Waals surface area contributed by atoms with Crippen molar-refractivity contribution in [2.75, 3.05) is 30.3 Å². The Morgan fingerprint density at radius 2 is 2.05 bits per heavy atom. The number of nitrogens with zero attached hydrogens (tertiary/aromatic N) is 1. The minimum Gasteiger partial charge on any atom is -0.298 e. The van der Waals surface area contributed by atoms with Gasteiger partial charge in [0.1, 0.15) is 0 Å². The van der Waals surface area contributed by atoms with Crippen LogP contribution in [-0.4, -0.2) is 49.7 Å². The van der Waals surface area contributed by atoms with Gasteiger partial charge in [-0.2, -0.15) is 12.6 Å². The molecule has 1 aliphatic heterocycles. The molecule has 1 aromatic rings. The van der Waals surface area contributed by atoms with E-state index in [1.807, 2.05) is 25.1 Å². The topological polar surface area (TPSA) is 37.4 Å². The second kappa shape index (κ2) is 6.29. The van der Waals surface area contributed by atoms with E-state index in [2.05, 4.69) is 29.7 Å². The monoisotopic (exact) mass is 299 g/mol. The molecule has 1 fully saturated rings. The molecule has 0 aromatic heterocycles. The number of hydrogen-bond donors (Lipinski definition) is 1. The highest BCUT2D eigenvalue weighted by Gasteiger charge is 2.29. The van der Waals surface area contributed by atoms with Gasteiger partial charge in [-0.1, -0.05) is 30.3 Å². The van der Waals surface area contributed by atoms with Crippen molar-refractivity contribution in [3.8, 4) is 0 Å². The third-order valence-corrected chi connectivity index (χ3v) is 5.99. The molecule has 1 aromatic carbocycles. The Morgan fingerprint density at radius 1 is 1.37 bits per heavy atom. The van der Waals surface area contributed by atoms with Crippen LogP contribution < -0.4 is 0 Å². The van der Waals surface area contributed by atoms with Gasteiger partial charge in [0, 0.05) is 25.0 Å². The van der Waals surface area contributed by atoms with Crippen LogP contribution in [0.2, 0.25) is 0 Å². The molecule has 3 nitrogen and oxygen atoms in total. The van der Waals surface area contributed by atoms with Crippen LogP contribution in [0.1, 0.15) is 18.4 Å². The maximum atomic E-state index is 11.6. The van der Waals surface area contributed by atoms with Crippen LogP contribution in [0.5, 0.6) is 0 Å². The highest BCUT2D eigenvalue weighted by molar-refractivity contribution is 7.91. The standard InChI is InChI=1S/C14H21NO2S2/c1-12-11-19(16,17)8-7-15(12)9-14(10-18)13-5-3-2-4-6-13/h2-6,12,14,18H,7-11H2,1H3. The predicted octanol–water partition coefficient (Wildman–Crippen LogP) is 1.82. The lowest BCUT2D eigenvalue weighted by molar-refractivity contribution is 0.217. The van der Waals surface area contributed by atoms with E-state index in [1.165, 1.54) is 5.56 Å². The van der Waals surface area contributed by atoms with Gasteiger partial charge in [-0.15, -0.1) is 0 Å². The lowest BCUT2D eigenvalue weighted by atomic mass is 10.00. The third-order valence-electron chi connectivity index (χ3n) is 3.75. The molecule has 0 N–H and O–H groups in total. The maximum Gasteiger partial charge on any atom is 0.153 e. The summed E-state index contributed by atoms with van der Waals surface area (Å²) in [5, 5.41) is 0. The lowest BCUT2D eigenvalue weighted by Crippen LogP contribution is -2.48. The van der Waals surface area contributed by atoms with Gasteiger partial charge in [0.05, 0.1) is 11.5 Å². The number of sulfone groups is 1. The Hall–Kier alpha value is -0.520. The van der Waals surface area contributed by atoms with Crippen molar-refractivity contribution in [2.24, 2.45) is 0 Å². The predicted molar refractivity (Wildman–Crippen MR) is 82.7 cm³/mol. The Bertz CT molecular complexity index is 501. The van der Waals surface area contributed by atoms with E-state index >= 15 is 0 Å². The average Bonchev–Trinajstić information content (AvgIpc) is 2.38. The summed E-state index contributed by atoms with van der Waals surface area (Å²) in [5.41, 5.74) is 1.28. The summed E-state index contributed by atoms with van der Waals surface area (Å²) in [6, 6.07) is 10.4. The van der Waals surface area contributed by atoms with Crippen molar-refractivity contribution >= 4 is 22.5 Å². The average molecular weight is 299 g/mol. The molecular weight excluding hydrogens is 278 g/mol. The molecule has 2 atom stereocenters. The first-order valence-corrected chi connectivity index (χ1v) is 9.07. The zero-order valence-corrected chi connectivity index (χ0v) is 12.9. The fraction of sp³-hybridized carbons (Fsp3) is 0.571. The zero-order valence-electron chi connectivity index (χ0n) is 11.2. The van der Waals surface area contributed by atoms with Crippen LogP contribution in [-0.2, 0) is 9.84 Å². The van der Waals surface area contributed by atoms with Crippen LogP contribution >= 0.6 is 12.6 Å². The quantitative estimate of drug-likeness (QED) is 0.862. The first-order chi connectivity index (χ1) is 9.02. The summed E-state index contributed by atoms with van der Waals surface area (Å²) in [4.78, 5) is 2.27. The highest BCUT2D eigenvalue weighted by atomic mass is 32.2. The molecule has 19 heavy (non-hydrogen) atoms. The van der Waals surface area contributed by atoms with Gasteiger partial charge in [-0.3, -0.25) is 4.90 Å². The summed E-state index contributed by atoms with van der Waals surface area (Å²) < 4.78 is 23.2. The van der Waals surface area contributed by atoms with Gasteiger partial charge < -0.3 is 0 Å². The van der Waals surface area contributed by atoms with Gasteiger partial charge >= 0.3 is 0 Å². The van der Waals surface area contributed by atoms with E-state index < -0.39 is 9.84 Å². The molecule has 0 bridgehead atoms. The maximum absolute atomic E-state index is 11.6. The summed E-state index contributed by atoms with van der Waals surface area (Å²) in [6.45, 7) is 3.52. The van der Waals surface area contributed by atoms with Gasteiger partial charge in [0.25, 0.3) is 0 Å². The van der Waals surface area contributed by atoms with Crippen molar-refractivity contribution in [3.63, 3.8) is 0 Å². The Kier molecular flexibility index (Phi) is 4.92. The molecule has 1 saturated heterocycles.